The summed E-state index contributed by atoms with van der Waals surface area (Å²) in [4.78, 5) is 5.52. The molecule has 1 aromatic heterocycles. The molecule has 0 saturated heterocycles. The molecule has 0 saturated carbocycles. The van der Waals surface area contributed by atoms with Gasteiger partial charge in [-0.3, -0.25) is 0 Å². The van der Waals surface area contributed by atoms with Gasteiger partial charge < -0.3 is 10.3 Å². The summed E-state index contributed by atoms with van der Waals surface area (Å²) in [6, 6.07) is 7.75. The van der Waals surface area contributed by atoms with Crippen molar-refractivity contribution >= 4 is 23.4 Å². The molecule has 0 aliphatic rings. The van der Waals surface area contributed by atoms with E-state index in [1.807, 2.05) is 24.3 Å². The van der Waals surface area contributed by atoms with Crippen molar-refractivity contribution in [3.63, 3.8) is 0 Å². The van der Waals surface area contributed by atoms with Gasteiger partial charge in [0.15, 0.2) is 5.82 Å². The van der Waals surface area contributed by atoms with Crippen LogP contribution in [0.1, 0.15) is 31.5 Å². The van der Waals surface area contributed by atoms with Crippen LogP contribution in [0.25, 0.3) is 0 Å². The predicted octanol–water partition coefficient (Wildman–Crippen LogP) is 3.93. The van der Waals surface area contributed by atoms with Crippen LogP contribution >= 0.6 is 23.4 Å². The highest BCUT2D eigenvalue weighted by atomic mass is 35.5. The summed E-state index contributed by atoms with van der Waals surface area (Å²) in [6.07, 6.45) is 2.88. The summed E-state index contributed by atoms with van der Waals surface area (Å²) in [5.41, 5.74) is 5.54. The maximum Gasteiger partial charge on any atom is 0.226 e. The standard InChI is InChI=1S/C15H20ClN3OS/c1-11(7-8-17)5-6-15-18-14(19-20-15)10-21-13-4-2-3-12(16)9-13/h2-4,9,11H,5-8,10,17H2,1H3. The average Bonchev–Trinajstić information content (AvgIpc) is 2.91. The van der Waals surface area contributed by atoms with Crippen LogP contribution in [-0.2, 0) is 12.2 Å². The van der Waals surface area contributed by atoms with Crippen molar-refractivity contribution in [1.29, 1.82) is 0 Å². The average molecular weight is 326 g/mol. The molecule has 1 aromatic carbocycles. The van der Waals surface area contributed by atoms with Crippen LogP contribution in [0.15, 0.2) is 33.7 Å². The fourth-order valence-electron chi connectivity index (χ4n) is 1.95. The topological polar surface area (TPSA) is 64.9 Å². The van der Waals surface area contributed by atoms with Gasteiger partial charge in [-0.05, 0) is 43.5 Å². The summed E-state index contributed by atoms with van der Waals surface area (Å²) in [5, 5.41) is 4.75. The molecule has 0 bridgehead atoms. The Balaban J connectivity index is 1.80. The molecule has 1 unspecified atom stereocenters. The van der Waals surface area contributed by atoms with Gasteiger partial charge in [0.25, 0.3) is 0 Å². The van der Waals surface area contributed by atoms with Gasteiger partial charge in [0.2, 0.25) is 5.89 Å². The number of nitrogens with two attached hydrogens (primary N) is 1. The van der Waals surface area contributed by atoms with Gasteiger partial charge in [-0.1, -0.05) is 29.7 Å². The smallest absolute Gasteiger partial charge is 0.226 e. The Morgan fingerprint density at radius 1 is 1.38 bits per heavy atom. The fourth-order valence-corrected chi connectivity index (χ4v) is 3.01. The Bertz CT molecular complexity index is 561. The molecule has 2 rings (SSSR count). The number of rotatable bonds is 8. The number of halogens is 1. The third-order valence-electron chi connectivity index (χ3n) is 3.18. The summed E-state index contributed by atoms with van der Waals surface area (Å²) < 4.78 is 5.27. The number of hydrogen-bond donors (Lipinski definition) is 1. The highest BCUT2D eigenvalue weighted by Crippen LogP contribution is 2.24. The lowest BCUT2D eigenvalue weighted by atomic mass is 10.0. The maximum atomic E-state index is 5.96. The minimum Gasteiger partial charge on any atom is -0.339 e. The lowest BCUT2D eigenvalue weighted by Gasteiger charge is -2.06. The van der Waals surface area contributed by atoms with Crippen molar-refractivity contribution in [2.24, 2.45) is 11.7 Å². The second-order valence-electron chi connectivity index (χ2n) is 5.07. The van der Waals surface area contributed by atoms with E-state index in [0.717, 1.165) is 41.5 Å². The second kappa shape index (κ2) is 8.41. The van der Waals surface area contributed by atoms with Crippen LogP contribution in [0.2, 0.25) is 5.02 Å². The second-order valence-corrected chi connectivity index (χ2v) is 6.56. The molecule has 0 amide bonds. The van der Waals surface area contributed by atoms with Crippen molar-refractivity contribution in [3.05, 3.63) is 41.0 Å². The van der Waals surface area contributed by atoms with Crippen molar-refractivity contribution in [1.82, 2.24) is 10.1 Å². The SMILES string of the molecule is CC(CCN)CCc1nc(CSc2cccc(Cl)c2)no1. The Hall–Kier alpha value is -1.04. The summed E-state index contributed by atoms with van der Waals surface area (Å²) in [5.74, 6) is 2.70. The molecule has 4 nitrogen and oxygen atoms in total. The first-order valence-electron chi connectivity index (χ1n) is 7.07. The van der Waals surface area contributed by atoms with Crippen molar-refractivity contribution in [3.8, 4) is 0 Å². The normalized spacial score (nSPS) is 12.5. The van der Waals surface area contributed by atoms with Gasteiger partial charge in [-0.2, -0.15) is 4.98 Å². The van der Waals surface area contributed by atoms with Crippen LogP contribution in [0, 0.1) is 5.92 Å². The van der Waals surface area contributed by atoms with E-state index in [1.54, 1.807) is 11.8 Å². The van der Waals surface area contributed by atoms with E-state index < -0.39 is 0 Å². The monoisotopic (exact) mass is 325 g/mol. The van der Waals surface area contributed by atoms with Crippen LogP contribution in [0.3, 0.4) is 0 Å². The van der Waals surface area contributed by atoms with Gasteiger partial charge >= 0.3 is 0 Å². The number of aromatic nitrogens is 2. The van der Waals surface area contributed by atoms with Gasteiger partial charge in [0.1, 0.15) is 0 Å². The van der Waals surface area contributed by atoms with Gasteiger partial charge in [0.05, 0.1) is 5.75 Å². The van der Waals surface area contributed by atoms with E-state index in [0.29, 0.717) is 17.6 Å². The number of aryl methyl sites for hydroxylation is 1. The molecule has 2 aromatic rings. The Morgan fingerprint density at radius 3 is 3.00 bits per heavy atom. The lowest BCUT2D eigenvalue weighted by molar-refractivity contribution is 0.359. The molecule has 0 aliphatic carbocycles. The van der Waals surface area contributed by atoms with Crippen LogP contribution in [-0.4, -0.2) is 16.7 Å². The molecule has 0 spiro atoms. The van der Waals surface area contributed by atoms with E-state index in [-0.39, 0.29) is 0 Å². The predicted molar refractivity (Wildman–Crippen MR) is 86.5 cm³/mol. The van der Waals surface area contributed by atoms with Gasteiger partial charge in [0, 0.05) is 16.3 Å². The minimum absolute atomic E-state index is 0.589. The summed E-state index contributed by atoms with van der Waals surface area (Å²) in [6.45, 7) is 2.92. The van der Waals surface area contributed by atoms with Gasteiger partial charge in [-0.25, -0.2) is 0 Å². The number of hydrogen-bond acceptors (Lipinski definition) is 5. The molecule has 0 aliphatic heterocycles. The third-order valence-corrected chi connectivity index (χ3v) is 4.41. The molecule has 21 heavy (non-hydrogen) atoms. The van der Waals surface area contributed by atoms with E-state index in [1.165, 1.54) is 0 Å². The van der Waals surface area contributed by atoms with Crippen LogP contribution in [0.4, 0.5) is 0 Å². The first-order valence-corrected chi connectivity index (χ1v) is 8.43. The molecular formula is C15H20ClN3OS. The lowest BCUT2D eigenvalue weighted by Crippen LogP contribution is -2.06. The first kappa shape index (κ1) is 16.3. The molecule has 1 heterocycles. The number of nitrogens with zero attached hydrogens (tertiary/aromatic N) is 2. The minimum atomic E-state index is 0.589. The van der Waals surface area contributed by atoms with E-state index >= 15 is 0 Å². The summed E-state index contributed by atoms with van der Waals surface area (Å²) >= 11 is 7.60. The molecule has 114 valence electrons. The third kappa shape index (κ3) is 5.69. The number of thioether (sulfide) groups is 1. The highest BCUT2D eigenvalue weighted by molar-refractivity contribution is 7.98. The highest BCUT2D eigenvalue weighted by Gasteiger charge is 2.09. The van der Waals surface area contributed by atoms with E-state index in [9.17, 15) is 0 Å². The Labute approximate surface area is 134 Å². The summed E-state index contributed by atoms with van der Waals surface area (Å²) in [7, 11) is 0. The fraction of sp³-hybridized carbons (Fsp3) is 0.467. The van der Waals surface area contributed by atoms with Crippen LogP contribution < -0.4 is 5.73 Å². The maximum absolute atomic E-state index is 5.96. The van der Waals surface area contributed by atoms with E-state index in [4.69, 9.17) is 21.9 Å². The zero-order valence-electron chi connectivity index (χ0n) is 12.1. The van der Waals surface area contributed by atoms with Crippen molar-refractivity contribution in [2.75, 3.05) is 6.54 Å². The molecule has 1 atom stereocenters. The van der Waals surface area contributed by atoms with Crippen LogP contribution in [0.5, 0.6) is 0 Å². The largest absolute Gasteiger partial charge is 0.339 e. The molecule has 2 N–H and O–H groups in total. The first-order chi connectivity index (χ1) is 10.2. The quantitative estimate of drug-likeness (QED) is 0.745. The molecule has 0 radical (unpaired) electrons. The molecule has 0 fully saturated rings. The van der Waals surface area contributed by atoms with Crippen molar-refractivity contribution in [2.45, 2.75) is 36.8 Å². The molecule has 6 heteroatoms. The Morgan fingerprint density at radius 2 is 2.24 bits per heavy atom. The number of benzene rings is 1. The zero-order valence-corrected chi connectivity index (χ0v) is 13.7. The van der Waals surface area contributed by atoms with Crippen molar-refractivity contribution < 1.29 is 4.52 Å². The Kier molecular flexibility index (Phi) is 6.54. The molecular weight excluding hydrogens is 306 g/mol. The zero-order chi connectivity index (χ0) is 15.1. The van der Waals surface area contributed by atoms with E-state index in [2.05, 4.69) is 17.1 Å². The van der Waals surface area contributed by atoms with Gasteiger partial charge in [-0.15, -0.1) is 11.8 Å².